The molecule has 0 saturated carbocycles. The Labute approximate surface area is 241 Å². The van der Waals surface area contributed by atoms with Crippen LogP contribution in [0.15, 0.2) is 52.2 Å². The number of methoxy groups -OCH3 is 1. The predicted molar refractivity (Wildman–Crippen MR) is 146 cm³/mol. The van der Waals surface area contributed by atoms with Crippen LogP contribution in [0, 0.1) is 11.3 Å². The number of unbranched alkanes of at least 4 members (excludes halogenated alkanes) is 1. The van der Waals surface area contributed by atoms with Crippen molar-refractivity contribution in [2.24, 2.45) is 0 Å². The van der Waals surface area contributed by atoms with E-state index >= 15 is 0 Å². The average molecular weight is 586 g/mol. The smallest absolute Gasteiger partial charge is 0.407 e. The summed E-state index contributed by atoms with van der Waals surface area (Å²) in [7, 11) is 1.25. The summed E-state index contributed by atoms with van der Waals surface area (Å²) in [6.45, 7) is 3.89. The van der Waals surface area contributed by atoms with Crippen molar-refractivity contribution in [1.82, 2.24) is 20.2 Å². The number of nitrogens with zero attached hydrogens (tertiary/aromatic N) is 2. The lowest BCUT2D eigenvalue weighted by atomic mass is 10.0. The predicted octanol–water partition coefficient (Wildman–Crippen LogP) is 1.07. The van der Waals surface area contributed by atoms with Crippen LogP contribution in [0.25, 0.3) is 0 Å². The first-order valence-electron chi connectivity index (χ1n) is 13.6. The van der Waals surface area contributed by atoms with Crippen molar-refractivity contribution in [3.63, 3.8) is 0 Å². The van der Waals surface area contributed by atoms with Crippen molar-refractivity contribution >= 4 is 12.1 Å². The van der Waals surface area contributed by atoms with Crippen LogP contribution in [-0.2, 0) is 35.1 Å². The monoisotopic (exact) mass is 585 g/mol. The normalized spacial score (nSPS) is 23.8. The summed E-state index contributed by atoms with van der Waals surface area (Å²) >= 11 is 0. The first kappa shape index (κ1) is 30.9. The van der Waals surface area contributed by atoms with Gasteiger partial charge in [0.25, 0.3) is 5.56 Å². The van der Waals surface area contributed by atoms with Crippen LogP contribution < -0.4 is 21.9 Å². The van der Waals surface area contributed by atoms with Gasteiger partial charge in [-0.2, -0.15) is 5.26 Å². The molecule has 2 fully saturated rings. The summed E-state index contributed by atoms with van der Waals surface area (Å²) in [4.78, 5) is 50.8. The lowest BCUT2D eigenvalue weighted by Crippen LogP contribution is -2.52. The maximum absolute atomic E-state index is 12.6. The number of ether oxygens (including phenoxy) is 5. The summed E-state index contributed by atoms with van der Waals surface area (Å²) in [6.07, 6.45) is -1.34. The summed E-state index contributed by atoms with van der Waals surface area (Å²) < 4.78 is 29.5. The van der Waals surface area contributed by atoms with Crippen molar-refractivity contribution in [2.45, 2.75) is 82.1 Å². The molecule has 0 bridgehead atoms. The topological polar surface area (TPSA) is 183 Å². The highest BCUT2D eigenvalue weighted by Gasteiger charge is 2.58. The average Bonchev–Trinajstić information content (AvgIpc) is 3.46. The van der Waals surface area contributed by atoms with Gasteiger partial charge in [-0.1, -0.05) is 30.3 Å². The molecule has 0 spiro atoms. The van der Waals surface area contributed by atoms with Crippen LogP contribution >= 0.6 is 0 Å². The Hall–Kier alpha value is -4.03. The molecular formula is C28H35N5O9. The Kier molecular flexibility index (Phi) is 10.1. The van der Waals surface area contributed by atoms with Crippen molar-refractivity contribution in [1.29, 1.82) is 5.26 Å². The van der Waals surface area contributed by atoms with Crippen LogP contribution in [0.2, 0.25) is 0 Å². The number of carbonyl (C=O) groups excluding carboxylic acids is 2. The number of nitriles is 1. The zero-order chi connectivity index (χ0) is 30.3. The van der Waals surface area contributed by atoms with Crippen molar-refractivity contribution in [3.8, 4) is 6.07 Å². The summed E-state index contributed by atoms with van der Waals surface area (Å²) in [5.74, 6) is -1.60. The fraction of sp³-hybridized carbons (Fsp3) is 0.536. The van der Waals surface area contributed by atoms with Crippen LogP contribution in [0.3, 0.4) is 0 Å². The third kappa shape index (κ3) is 7.62. The minimum absolute atomic E-state index is 0.158. The van der Waals surface area contributed by atoms with E-state index < -0.39 is 65.7 Å². The van der Waals surface area contributed by atoms with Crippen LogP contribution in [0.4, 0.5) is 4.79 Å². The summed E-state index contributed by atoms with van der Waals surface area (Å²) in [5.41, 5.74) is -0.394. The number of hydrogen-bond acceptors (Lipinski definition) is 11. The van der Waals surface area contributed by atoms with Gasteiger partial charge in [0.05, 0.1) is 13.2 Å². The molecule has 4 rings (SSSR count). The SMILES string of the molecule is COC(=O)[C@H](CCCCNC(=O)OCc1ccccc1)N[C@@H](C#N)[C@H]1O[C@@H](n2ccc(=O)[nH]c2=O)[C@@H]2OC(C)(C)O[C@@H]21. The molecule has 3 heterocycles. The molecule has 0 aliphatic carbocycles. The van der Waals surface area contributed by atoms with Gasteiger partial charge in [0.15, 0.2) is 12.0 Å². The Morgan fingerprint density at radius 3 is 2.57 bits per heavy atom. The Morgan fingerprint density at radius 2 is 1.88 bits per heavy atom. The zero-order valence-electron chi connectivity index (χ0n) is 23.6. The van der Waals surface area contributed by atoms with Crippen LogP contribution in [0.1, 0.15) is 44.9 Å². The molecule has 42 heavy (non-hydrogen) atoms. The van der Waals surface area contributed by atoms with E-state index in [4.69, 9.17) is 23.7 Å². The number of rotatable bonds is 12. The zero-order valence-corrected chi connectivity index (χ0v) is 23.6. The highest BCUT2D eigenvalue weighted by molar-refractivity contribution is 5.75. The van der Waals surface area contributed by atoms with Gasteiger partial charge < -0.3 is 29.0 Å². The minimum Gasteiger partial charge on any atom is -0.468 e. The molecule has 0 radical (unpaired) electrons. The van der Waals surface area contributed by atoms with Gasteiger partial charge in [0.1, 0.15) is 37.0 Å². The number of aromatic amines is 1. The lowest BCUT2D eigenvalue weighted by Gasteiger charge is -2.28. The van der Waals surface area contributed by atoms with Gasteiger partial charge in [-0.15, -0.1) is 0 Å². The second-order valence-corrected chi connectivity index (χ2v) is 10.4. The number of aromatic nitrogens is 2. The Bertz CT molecular complexity index is 1390. The van der Waals surface area contributed by atoms with E-state index in [1.807, 2.05) is 30.3 Å². The molecule has 2 aliphatic rings. The van der Waals surface area contributed by atoms with Crippen molar-refractivity contribution in [3.05, 3.63) is 69.0 Å². The number of benzene rings is 1. The minimum atomic E-state index is -1.05. The van der Waals surface area contributed by atoms with Crippen molar-refractivity contribution in [2.75, 3.05) is 13.7 Å². The largest absolute Gasteiger partial charge is 0.468 e. The Morgan fingerprint density at radius 1 is 1.14 bits per heavy atom. The quantitative estimate of drug-likeness (QED) is 0.239. The molecule has 3 N–H and O–H groups in total. The van der Waals surface area contributed by atoms with Gasteiger partial charge in [0, 0.05) is 18.8 Å². The van der Waals surface area contributed by atoms with Gasteiger partial charge in [-0.3, -0.25) is 24.5 Å². The van der Waals surface area contributed by atoms with Gasteiger partial charge in [0.2, 0.25) is 0 Å². The Balaban J connectivity index is 1.35. The number of alkyl carbamates (subject to hydrolysis) is 1. The molecule has 1 amide bonds. The van der Waals surface area contributed by atoms with E-state index in [-0.39, 0.29) is 6.61 Å². The van der Waals surface area contributed by atoms with Crippen LogP contribution in [0.5, 0.6) is 0 Å². The molecule has 1 aromatic heterocycles. The van der Waals surface area contributed by atoms with E-state index in [1.54, 1.807) is 13.8 Å². The van der Waals surface area contributed by atoms with E-state index in [1.165, 1.54) is 23.9 Å². The number of H-pyrrole nitrogens is 1. The van der Waals surface area contributed by atoms with E-state index in [0.29, 0.717) is 25.8 Å². The molecule has 2 aromatic rings. The number of fused-ring (bicyclic) bond motifs is 1. The maximum Gasteiger partial charge on any atom is 0.407 e. The lowest BCUT2D eigenvalue weighted by molar-refractivity contribution is -0.199. The number of hydrogen-bond donors (Lipinski definition) is 3. The third-order valence-electron chi connectivity index (χ3n) is 6.93. The van der Waals surface area contributed by atoms with E-state index in [9.17, 15) is 24.4 Å². The highest BCUT2D eigenvalue weighted by atomic mass is 16.8. The summed E-state index contributed by atoms with van der Waals surface area (Å²) in [5, 5.41) is 15.8. The molecule has 6 atom stereocenters. The second kappa shape index (κ2) is 13.8. The van der Waals surface area contributed by atoms with E-state index in [0.717, 1.165) is 5.56 Å². The number of carbonyl (C=O) groups is 2. The number of esters is 1. The molecule has 14 nitrogen and oxygen atoms in total. The molecule has 14 heteroatoms. The van der Waals surface area contributed by atoms with Gasteiger partial charge in [-0.25, -0.2) is 9.59 Å². The first-order valence-corrected chi connectivity index (χ1v) is 13.6. The molecule has 2 aliphatic heterocycles. The number of amides is 1. The van der Waals surface area contributed by atoms with Crippen LogP contribution in [-0.4, -0.2) is 71.5 Å². The molecule has 0 unspecified atom stereocenters. The standard InChI is InChI=1S/C28H35N5O9/c1-28(2)41-22-21(40-24(23(22)42-28)33-14-12-20(34)32-26(33)36)19(15-29)31-18(25(35)38-3)11-7-8-13-30-27(37)39-16-17-9-5-4-6-10-17/h4-6,9-10,12,14,18-19,21-24,31H,7-8,11,13,16H2,1-3H3,(H,30,37)(H,32,34,36)/t18-,19-,21+,22+,23+,24+/m0/s1. The van der Waals surface area contributed by atoms with Gasteiger partial charge >= 0.3 is 17.8 Å². The molecule has 1 aromatic carbocycles. The molecule has 226 valence electrons. The fourth-order valence-corrected chi connectivity index (χ4v) is 5.00. The number of nitrogens with one attached hydrogen (secondary N) is 3. The fourth-order valence-electron chi connectivity index (χ4n) is 5.00. The first-order chi connectivity index (χ1) is 20.1. The third-order valence-corrected chi connectivity index (χ3v) is 6.93. The van der Waals surface area contributed by atoms with Gasteiger partial charge in [-0.05, 0) is 38.7 Å². The molecule has 2 saturated heterocycles. The summed E-state index contributed by atoms with van der Waals surface area (Å²) in [6, 6.07) is 10.7. The van der Waals surface area contributed by atoms with Crippen molar-refractivity contribution < 1.29 is 33.3 Å². The highest BCUT2D eigenvalue weighted by Crippen LogP contribution is 2.43. The van der Waals surface area contributed by atoms with E-state index in [2.05, 4.69) is 21.7 Å². The maximum atomic E-state index is 12.6. The molecular weight excluding hydrogens is 550 g/mol. The second-order valence-electron chi connectivity index (χ2n) is 10.4.